The van der Waals surface area contributed by atoms with Crippen molar-refractivity contribution >= 4 is 39.3 Å². The number of halogens is 1. The van der Waals surface area contributed by atoms with Crippen molar-refractivity contribution in [3.8, 4) is 5.69 Å². The molecule has 0 bridgehead atoms. The van der Waals surface area contributed by atoms with Crippen LogP contribution in [0.25, 0.3) is 5.69 Å². The van der Waals surface area contributed by atoms with E-state index in [9.17, 15) is 4.79 Å². The molecule has 0 saturated heterocycles. The number of hydrogen-bond acceptors (Lipinski definition) is 5. The summed E-state index contributed by atoms with van der Waals surface area (Å²) >= 11 is 4.70. The van der Waals surface area contributed by atoms with Crippen molar-refractivity contribution in [3.63, 3.8) is 0 Å². The zero-order valence-electron chi connectivity index (χ0n) is 14.6. The summed E-state index contributed by atoms with van der Waals surface area (Å²) in [5, 5.41) is 15.0. The molecule has 3 rings (SSSR count). The number of thioether (sulfide) groups is 1. The molecule has 6 nitrogen and oxygen atoms in total. The summed E-state index contributed by atoms with van der Waals surface area (Å²) in [5.74, 6) is -0.105. The Bertz CT molecular complexity index is 926. The molecule has 0 aliphatic heterocycles. The van der Waals surface area contributed by atoms with E-state index < -0.39 is 0 Å². The van der Waals surface area contributed by atoms with Gasteiger partial charge in [-0.3, -0.25) is 4.79 Å². The lowest BCUT2D eigenvalue weighted by Gasteiger charge is -2.12. The number of nitrogens with one attached hydrogen (secondary N) is 1. The van der Waals surface area contributed by atoms with Crippen LogP contribution in [0.2, 0.25) is 0 Å². The Morgan fingerprint density at radius 1 is 1.15 bits per heavy atom. The molecule has 8 heteroatoms. The van der Waals surface area contributed by atoms with Crippen molar-refractivity contribution in [1.82, 2.24) is 20.2 Å². The number of hydrogen-bond donors (Lipinski definition) is 1. The van der Waals surface area contributed by atoms with Gasteiger partial charge in [0.1, 0.15) is 0 Å². The molecule has 1 N–H and O–H groups in total. The molecular weight excluding hydrogens is 414 g/mol. The van der Waals surface area contributed by atoms with Gasteiger partial charge >= 0.3 is 0 Å². The van der Waals surface area contributed by atoms with Gasteiger partial charge in [0.05, 0.1) is 10.9 Å². The van der Waals surface area contributed by atoms with Crippen LogP contribution >= 0.6 is 27.7 Å². The number of carbonyl (C=O) groups excluding carboxylic acids is 1. The third-order valence-electron chi connectivity index (χ3n) is 3.94. The Hall–Kier alpha value is -2.19. The zero-order valence-corrected chi connectivity index (χ0v) is 17.0. The molecule has 1 heterocycles. The molecule has 1 aromatic heterocycles. The Balaban J connectivity index is 1.72. The topological polar surface area (TPSA) is 72.7 Å². The number of carbonyl (C=O) groups is 1. The van der Waals surface area contributed by atoms with E-state index in [1.807, 2.05) is 56.3 Å². The van der Waals surface area contributed by atoms with E-state index in [2.05, 4.69) is 43.7 Å². The second kappa shape index (κ2) is 8.01. The fourth-order valence-corrected chi connectivity index (χ4v) is 3.33. The first-order chi connectivity index (χ1) is 12.4. The van der Waals surface area contributed by atoms with E-state index in [4.69, 9.17) is 0 Å². The van der Waals surface area contributed by atoms with Crippen LogP contribution in [0.4, 0.5) is 5.69 Å². The lowest BCUT2D eigenvalue weighted by atomic mass is 10.1. The maximum atomic E-state index is 12.4. The van der Waals surface area contributed by atoms with Crippen LogP contribution < -0.4 is 5.32 Å². The highest BCUT2D eigenvalue weighted by molar-refractivity contribution is 9.10. The number of nitrogens with zero attached hydrogens (tertiary/aromatic N) is 4. The van der Waals surface area contributed by atoms with Gasteiger partial charge in [0.25, 0.3) is 0 Å². The summed E-state index contributed by atoms with van der Waals surface area (Å²) in [6.07, 6.45) is 0. The minimum Gasteiger partial charge on any atom is -0.325 e. The van der Waals surface area contributed by atoms with Gasteiger partial charge in [0.15, 0.2) is 0 Å². The first kappa shape index (κ1) is 18.6. The van der Waals surface area contributed by atoms with Gasteiger partial charge in [-0.25, -0.2) is 0 Å². The lowest BCUT2D eigenvalue weighted by molar-refractivity contribution is -0.115. The van der Waals surface area contributed by atoms with E-state index >= 15 is 0 Å². The third-order valence-corrected chi connectivity index (χ3v) is 5.50. The van der Waals surface area contributed by atoms with E-state index in [1.165, 1.54) is 17.3 Å². The van der Waals surface area contributed by atoms with Crippen molar-refractivity contribution in [1.29, 1.82) is 0 Å². The highest BCUT2D eigenvalue weighted by atomic mass is 79.9. The van der Waals surface area contributed by atoms with Crippen molar-refractivity contribution in [3.05, 3.63) is 58.1 Å². The average Bonchev–Trinajstić information content (AvgIpc) is 3.07. The van der Waals surface area contributed by atoms with Crippen molar-refractivity contribution in [2.75, 3.05) is 5.32 Å². The molecule has 1 atom stereocenters. The largest absolute Gasteiger partial charge is 0.325 e. The monoisotopic (exact) mass is 431 g/mol. The van der Waals surface area contributed by atoms with E-state index in [0.717, 1.165) is 21.4 Å². The first-order valence-electron chi connectivity index (χ1n) is 8.03. The number of amides is 1. The summed E-state index contributed by atoms with van der Waals surface area (Å²) in [5.41, 5.74) is 3.99. The maximum Gasteiger partial charge on any atom is 0.237 e. The average molecular weight is 432 g/mol. The fourth-order valence-electron chi connectivity index (χ4n) is 2.26. The predicted molar refractivity (Wildman–Crippen MR) is 107 cm³/mol. The molecular formula is C18H18BrN5OS. The number of anilines is 1. The van der Waals surface area contributed by atoms with Crippen molar-refractivity contribution in [2.24, 2.45) is 0 Å². The second-order valence-electron chi connectivity index (χ2n) is 5.90. The van der Waals surface area contributed by atoms with Gasteiger partial charge in [0, 0.05) is 10.2 Å². The molecule has 0 fully saturated rings. The molecule has 2 aromatic carbocycles. The lowest BCUT2D eigenvalue weighted by Crippen LogP contribution is -2.22. The molecule has 3 aromatic rings. The van der Waals surface area contributed by atoms with Gasteiger partial charge in [-0.05, 0) is 78.7 Å². The van der Waals surface area contributed by atoms with Crippen LogP contribution in [0.15, 0.2) is 52.1 Å². The molecule has 0 aliphatic carbocycles. The first-order valence-corrected chi connectivity index (χ1v) is 9.70. The summed E-state index contributed by atoms with van der Waals surface area (Å²) < 4.78 is 2.62. The predicted octanol–water partition coefficient (Wildman–Crippen LogP) is 4.16. The Kier molecular flexibility index (Phi) is 5.73. The molecule has 134 valence electrons. The molecule has 0 aliphatic rings. The van der Waals surface area contributed by atoms with Gasteiger partial charge in [-0.2, -0.15) is 4.68 Å². The van der Waals surface area contributed by atoms with E-state index in [-0.39, 0.29) is 11.2 Å². The van der Waals surface area contributed by atoms with Crippen LogP contribution in [-0.2, 0) is 4.79 Å². The SMILES string of the molecule is Cc1ccc(-n2nnnc2SC(C)C(=O)Nc2ccc(Br)cc2)cc1C. The standard InChI is InChI=1S/C18H18BrN5OS/c1-11-4-9-16(10-12(11)2)24-18(21-22-23-24)26-13(3)17(25)20-15-7-5-14(19)6-8-15/h4-10,13H,1-3H3,(H,20,25). The quantitative estimate of drug-likeness (QED) is 0.613. The van der Waals surface area contributed by atoms with Crippen LogP contribution in [0.1, 0.15) is 18.1 Å². The van der Waals surface area contributed by atoms with Crippen molar-refractivity contribution < 1.29 is 4.79 Å². The summed E-state index contributed by atoms with van der Waals surface area (Å²) in [6.45, 7) is 5.94. The van der Waals surface area contributed by atoms with E-state index in [1.54, 1.807) is 4.68 Å². The smallest absolute Gasteiger partial charge is 0.237 e. The van der Waals surface area contributed by atoms with Crippen LogP contribution in [0.3, 0.4) is 0 Å². The summed E-state index contributed by atoms with van der Waals surface area (Å²) in [6, 6.07) is 13.5. The van der Waals surface area contributed by atoms with Gasteiger partial charge < -0.3 is 5.32 Å². The van der Waals surface area contributed by atoms with Crippen LogP contribution in [0.5, 0.6) is 0 Å². The summed E-state index contributed by atoms with van der Waals surface area (Å²) in [7, 11) is 0. The number of benzene rings is 2. The number of tetrazole rings is 1. The van der Waals surface area contributed by atoms with Crippen molar-refractivity contribution in [2.45, 2.75) is 31.2 Å². The van der Waals surface area contributed by atoms with Gasteiger partial charge in [-0.15, -0.1) is 5.10 Å². The Morgan fingerprint density at radius 3 is 2.58 bits per heavy atom. The number of rotatable bonds is 5. The molecule has 0 radical (unpaired) electrons. The van der Waals surface area contributed by atoms with Crippen LogP contribution in [0, 0.1) is 13.8 Å². The molecule has 0 saturated carbocycles. The minimum atomic E-state index is -0.352. The fraction of sp³-hybridized carbons (Fsp3) is 0.222. The highest BCUT2D eigenvalue weighted by Crippen LogP contribution is 2.25. The second-order valence-corrected chi connectivity index (χ2v) is 8.12. The highest BCUT2D eigenvalue weighted by Gasteiger charge is 2.19. The number of aryl methyl sites for hydroxylation is 2. The van der Waals surface area contributed by atoms with Crippen LogP contribution in [-0.4, -0.2) is 31.4 Å². The molecule has 1 amide bonds. The van der Waals surface area contributed by atoms with Gasteiger partial charge in [-0.1, -0.05) is 33.8 Å². The summed E-state index contributed by atoms with van der Waals surface area (Å²) in [4.78, 5) is 12.4. The zero-order chi connectivity index (χ0) is 18.7. The number of aromatic nitrogens is 4. The maximum absolute atomic E-state index is 12.4. The molecule has 1 unspecified atom stereocenters. The third kappa shape index (κ3) is 4.31. The van der Waals surface area contributed by atoms with E-state index in [0.29, 0.717) is 5.16 Å². The minimum absolute atomic E-state index is 0.105. The van der Waals surface area contributed by atoms with Gasteiger partial charge in [0.2, 0.25) is 11.1 Å². The Morgan fingerprint density at radius 2 is 1.88 bits per heavy atom. The normalized spacial score (nSPS) is 12.0. The molecule has 0 spiro atoms. The molecule has 26 heavy (non-hydrogen) atoms. The Labute approximate surface area is 164 Å².